The molecule has 0 aromatic heterocycles. The molecule has 5 nitrogen and oxygen atoms in total. The van der Waals surface area contributed by atoms with Crippen molar-refractivity contribution in [3.8, 4) is 0 Å². The summed E-state index contributed by atoms with van der Waals surface area (Å²) >= 11 is 0. The second kappa shape index (κ2) is 8.66. The predicted molar refractivity (Wildman–Crippen MR) is 99.4 cm³/mol. The summed E-state index contributed by atoms with van der Waals surface area (Å²) in [6.45, 7) is 4.72. The van der Waals surface area contributed by atoms with Crippen LogP contribution in [0.25, 0.3) is 0 Å². The summed E-state index contributed by atoms with van der Waals surface area (Å²) in [5.41, 5.74) is 0.437. The molecule has 1 aromatic carbocycles. The number of rotatable bonds is 5. The fourth-order valence-electron chi connectivity index (χ4n) is 3.79. The number of benzene rings is 1. The van der Waals surface area contributed by atoms with Crippen LogP contribution in [0.4, 0.5) is 14.5 Å². The van der Waals surface area contributed by atoms with Gasteiger partial charge in [0, 0.05) is 44.2 Å². The third-order valence-electron chi connectivity index (χ3n) is 5.23. The molecule has 3 atom stereocenters. The Morgan fingerprint density at radius 2 is 2.15 bits per heavy atom. The molecule has 3 N–H and O–H groups in total. The SMILES string of the molecule is CCNC(=NCC1CCCC1O)NC1CCN(c2ccc(F)cc2F)C1. The minimum Gasteiger partial charge on any atom is -0.393 e. The Morgan fingerprint density at radius 1 is 1.31 bits per heavy atom. The van der Waals surface area contributed by atoms with Crippen LogP contribution >= 0.6 is 0 Å². The van der Waals surface area contributed by atoms with E-state index in [0.29, 0.717) is 25.3 Å². The highest BCUT2D eigenvalue weighted by Crippen LogP contribution is 2.26. The Labute approximate surface area is 153 Å². The second-order valence-corrected chi connectivity index (χ2v) is 7.15. The number of aliphatic hydroxyl groups is 1. The van der Waals surface area contributed by atoms with Gasteiger partial charge in [-0.3, -0.25) is 4.99 Å². The topological polar surface area (TPSA) is 59.9 Å². The minimum absolute atomic E-state index is 0.144. The van der Waals surface area contributed by atoms with Gasteiger partial charge >= 0.3 is 0 Å². The zero-order chi connectivity index (χ0) is 18.5. The van der Waals surface area contributed by atoms with E-state index in [1.165, 1.54) is 12.1 Å². The third-order valence-corrected chi connectivity index (χ3v) is 5.23. The predicted octanol–water partition coefficient (Wildman–Crippen LogP) is 2.26. The van der Waals surface area contributed by atoms with Crippen LogP contribution in [-0.2, 0) is 0 Å². The monoisotopic (exact) mass is 366 g/mol. The summed E-state index contributed by atoms with van der Waals surface area (Å²) in [6.07, 6.45) is 3.56. The van der Waals surface area contributed by atoms with Gasteiger partial charge in [0.05, 0.1) is 11.8 Å². The zero-order valence-electron chi connectivity index (χ0n) is 15.2. The fraction of sp³-hybridized carbons (Fsp3) is 0.632. The van der Waals surface area contributed by atoms with Crippen molar-refractivity contribution in [1.29, 1.82) is 0 Å². The minimum atomic E-state index is -0.559. The lowest BCUT2D eigenvalue weighted by molar-refractivity contribution is 0.136. The zero-order valence-corrected chi connectivity index (χ0v) is 15.2. The molecular weight excluding hydrogens is 338 g/mol. The number of hydrogen-bond donors (Lipinski definition) is 3. The van der Waals surface area contributed by atoms with E-state index in [1.54, 1.807) is 0 Å². The normalized spacial score (nSPS) is 26.4. The van der Waals surface area contributed by atoms with E-state index in [1.807, 2.05) is 11.8 Å². The van der Waals surface area contributed by atoms with Crippen LogP contribution in [0.1, 0.15) is 32.6 Å². The van der Waals surface area contributed by atoms with Gasteiger partial charge in [-0.15, -0.1) is 0 Å². The average Bonchev–Trinajstić information content (AvgIpc) is 3.22. The fourth-order valence-corrected chi connectivity index (χ4v) is 3.79. The lowest BCUT2D eigenvalue weighted by Gasteiger charge is -2.21. The molecule has 144 valence electrons. The highest BCUT2D eigenvalue weighted by Gasteiger charge is 2.27. The van der Waals surface area contributed by atoms with Crippen LogP contribution in [0.3, 0.4) is 0 Å². The van der Waals surface area contributed by atoms with Gasteiger partial charge in [-0.2, -0.15) is 0 Å². The molecule has 0 spiro atoms. The molecule has 7 heteroatoms. The molecular formula is C19H28F2N4O. The maximum absolute atomic E-state index is 14.0. The smallest absolute Gasteiger partial charge is 0.191 e. The molecule has 1 aromatic rings. The molecule has 2 fully saturated rings. The first-order chi connectivity index (χ1) is 12.6. The lowest BCUT2D eigenvalue weighted by atomic mass is 10.1. The molecule has 1 aliphatic heterocycles. The van der Waals surface area contributed by atoms with E-state index >= 15 is 0 Å². The first kappa shape index (κ1) is 18.9. The highest BCUT2D eigenvalue weighted by atomic mass is 19.1. The van der Waals surface area contributed by atoms with Crippen LogP contribution in [0.15, 0.2) is 23.2 Å². The Morgan fingerprint density at radius 3 is 2.85 bits per heavy atom. The number of anilines is 1. The molecule has 2 aliphatic rings. The van der Waals surface area contributed by atoms with Gasteiger partial charge in [0.1, 0.15) is 11.6 Å². The van der Waals surface area contributed by atoms with E-state index in [9.17, 15) is 13.9 Å². The summed E-state index contributed by atoms with van der Waals surface area (Å²) in [5, 5.41) is 16.6. The number of hydrogen-bond acceptors (Lipinski definition) is 3. The maximum Gasteiger partial charge on any atom is 0.191 e. The third kappa shape index (κ3) is 4.63. The van der Waals surface area contributed by atoms with E-state index in [0.717, 1.165) is 44.3 Å². The van der Waals surface area contributed by atoms with Crippen molar-refractivity contribution in [2.75, 3.05) is 31.1 Å². The first-order valence-electron chi connectivity index (χ1n) is 9.49. The van der Waals surface area contributed by atoms with E-state index in [4.69, 9.17) is 0 Å². The van der Waals surface area contributed by atoms with Crippen molar-refractivity contribution in [2.24, 2.45) is 10.9 Å². The van der Waals surface area contributed by atoms with Crippen LogP contribution in [0, 0.1) is 17.6 Å². The van der Waals surface area contributed by atoms with Crippen LogP contribution in [-0.4, -0.2) is 49.4 Å². The molecule has 3 rings (SSSR count). The number of guanidine groups is 1. The Hall–Kier alpha value is -1.89. The number of aliphatic hydroxyl groups excluding tert-OH is 1. The number of nitrogens with one attached hydrogen (secondary N) is 2. The van der Waals surface area contributed by atoms with Gasteiger partial charge in [0.15, 0.2) is 5.96 Å². The summed E-state index contributed by atoms with van der Waals surface area (Å²) < 4.78 is 27.1. The van der Waals surface area contributed by atoms with Crippen LogP contribution in [0.2, 0.25) is 0 Å². The van der Waals surface area contributed by atoms with Crippen molar-refractivity contribution in [3.63, 3.8) is 0 Å². The molecule has 0 bridgehead atoms. The van der Waals surface area contributed by atoms with Gasteiger partial charge in [-0.1, -0.05) is 6.42 Å². The Balaban J connectivity index is 1.58. The summed E-state index contributed by atoms with van der Waals surface area (Å²) in [7, 11) is 0. The van der Waals surface area contributed by atoms with E-state index in [-0.39, 0.29) is 18.1 Å². The molecule has 1 aliphatic carbocycles. The largest absolute Gasteiger partial charge is 0.393 e. The Kier molecular flexibility index (Phi) is 6.29. The summed E-state index contributed by atoms with van der Waals surface area (Å²) in [5.74, 6) is -0.117. The van der Waals surface area contributed by atoms with E-state index < -0.39 is 11.6 Å². The highest BCUT2D eigenvalue weighted by molar-refractivity contribution is 5.80. The summed E-state index contributed by atoms with van der Waals surface area (Å²) in [6, 6.07) is 3.85. The molecule has 1 saturated heterocycles. The number of halogens is 2. The lowest BCUT2D eigenvalue weighted by Crippen LogP contribution is -2.45. The van der Waals surface area contributed by atoms with Crippen molar-refractivity contribution in [1.82, 2.24) is 10.6 Å². The molecule has 1 heterocycles. The van der Waals surface area contributed by atoms with Crippen LogP contribution < -0.4 is 15.5 Å². The maximum atomic E-state index is 14.0. The quantitative estimate of drug-likeness (QED) is 0.553. The van der Waals surface area contributed by atoms with Gasteiger partial charge in [0.25, 0.3) is 0 Å². The Bertz CT molecular complexity index is 640. The van der Waals surface area contributed by atoms with Gasteiger partial charge in [0.2, 0.25) is 0 Å². The molecule has 3 unspecified atom stereocenters. The van der Waals surface area contributed by atoms with Crippen molar-refractivity contribution in [2.45, 2.75) is 44.8 Å². The van der Waals surface area contributed by atoms with Gasteiger partial charge < -0.3 is 20.6 Å². The number of nitrogens with zero attached hydrogens (tertiary/aromatic N) is 2. The van der Waals surface area contributed by atoms with Crippen LogP contribution in [0.5, 0.6) is 0 Å². The summed E-state index contributed by atoms with van der Waals surface area (Å²) in [4.78, 5) is 6.56. The number of aliphatic imine (C=N–C) groups is 1. The molecule has 0 amide bonds. The molecule has 1 saturated carbocycles. The van der Waals surface area contributed by atoms with Crippen molar-refractivity contribution >= 4 is 11.6 Å². The second-order valence-electron chi connectivity index (χ2n) is 7.15. The van der Waals surface area contributed by atoms with Crippen molar-refractivity contribution in [3.05, 3.63) is 29.8 Å². The van der Waals surface area contributed by atoms with Gasteiger partial charge in [-0.25, -0.2) is 8.78 Å². The molecule has 0 radical (unpaired) electrons. The van der Waals surface area contributed by atoms with Crippen molar-refractivity contribution < 1.29 is 13.9 Å². The van der Waals surface area contributed by atoms with Gasteiger partial charge in [-0.05, 0) is 38.3 Å². The first-order valence-corrected chi connectivity index (χ1v) is 9.49. The average molecular weight is 366 g/mol. The standard InChI is InChI=1S/C19H28F2N4O/c1-2-22-19(23-11-13-4-3-5-18(13)26)24-15-8-9-25(12-15)17-7-6-14(20)10-16(17)21/h6-7,10,13,15,18,26H,2-5,8-9,11-12H2,1H3,(H2,22,23,24). The molecule has 26 heavy (non-hydrogen) atoms. The van der Waals surface area contributed by atoms with E-state index in [2.05, 4.69) is 15.6 Å².